The van der Waals surface area contributed by atoms with Crippen LogP contribution >= 0.6 is 0 Å². The monoisotopic (exact) mass is 364 g/mol. The molecule has 4 rings (SSSR count). The van der Waals surface area contributed by atoms with Gasteiger partial charge in [-0.15, -0.1) is 0 Å². The third-order valence-electron chi connectivity index (χ3n) is 4.60. The van der Waals surface area contributed by atoms with Gasteiger partial charge in [-0.3, -0.25) is 9.48 Å². The number of anilines is 1. The zero-order valence-corrected chi connectivity index (χ0v) is 15.5. The molecule has 3 aromatic heterocycles. The van der Waals surface area contributed by atoms with E-state index in [2.05, 4.69) is 25.4 Å². The van der Waals surface area contributed by atoms with E-state index in [0.29, 0.717) is 27.9 Å². The van der Waals surface area contributed by atoms with Gasteiger partial charge in [-0.1, -0.05) is 13.8 Å². The zero-order chi connectivity index (χ0) is 19.3. The number of aromatic nitrogens is 5. The van der Waals surface area contributed by atoms with Crippen molar-refractivity contribution >= 4 is 33.7 Å². The van der Waals surface area contributed by atoms with Gasteiger partial charge in [0.2, 0.25) is 0 Å². The largest absolute Gasteiger partial charge is 0.323 e. The van der Waals surface area contributed by atoms with E-state index in [1.54, 1.807) is 22.9 Å². The van der Waals surface area contributed by atoms with E-state index in [0.717, 1.165) is 16.8 Å². The number of H-pyrrole nitrogens is 2. The van der Waals surface area contributed by atoms with Crippen LogP contribution in [-0.2, 0) is 7.05 Å². The van der Waals surface area contributed by atoms with Gasteiger partial charge in [0, 0.05) is 18.4 Å². The van der Waals surface area contributed by atoms with E-state index in [-0.39, 0.29) is 17.5 Å². The molecule has 27 heavy (non-hydrogen) atoms. The Morgan fingerprint density at radius 3 is 2.67 bits per heavy atom. The second-order valence-electron chi connectivity index (χ2n) is 6.95. The number of amides is 1. The van der Waals surface area contributed by atoms with Gasteiger partial charge >= 0.3 is 5.69 Å². The summed E-state index contributed by atoms with van der Waals surface area (Å²) in [6.45, 7) is 5.94. The molecule has 0 saturated heterocycles. The zero-order valence-electron chi connectivity index (χ0n) is 15.5. The molecule has 0 aliphatic carbocycles. The Morgan fingerprint density at radius 1 is 1.19 bits per heavy atom. The van der Waals surface area contributed by atoms with E-state index in [1.165, 1.54) is 0 Å². The molecule has 3 heterocycles. The molecule has 0 aliphatic rings. The first-order valence-electron chi connectivity index (χ1n) is 8.71. The lowest BCUT2D eigenvalue weighted by atomic mass is 10.0. The molecule has 0 aliphatic heterocycles. The number of hydrogen-bond donors (Lipinski definition) is 3. The second-order valence-corrected chi connectivity index (χ2v) is 6.95. The highest BCUT2D eigenvalue weighted by Gasteiger charge is 2.20. The van der Waals surface area contributed by atoms with Crippen molar-refractivity contribution in [3.8, 4) is 0 Å². The summed E-state index contributed by atoms with van der Waals surface area (Å²) >= 11 is 0. The predicted octanol–water partition coefficient (Wildman–Crippen LogP) is 2.82. The number of aryl methyl sites for hydroxylation is 2. The number of fused-ring (bicyclic) bond motifs is 2. The predicted molar refractivity (Wildman–Crippen MR) is 104 cm³/mol. The number of imidazole rings is 1. The fourth-order valence-corrected chi connectivity index (χ4v) is 3.25. The number of nitrogens with one attached hydrogen (secondary N) is 3. The van der Waals surface area contributed by atoms with Crippen molar-refractivity contribution in [2.24, 2.45) is 7.05 Å². The Morgan fingerprint density at radius 2 is 1.93 bits per heavy atom. The van der Waals surface area contributed by atoms with Crippen LogP contribution in [0.1, 0.15) is 41.5 Å². The number of pyridine rings is 1. The molecule has 0 unspecified atom stereocenters. The van der Waals surface area contributed by atoms with Crippen LogP contribution in [0.5, 0.6) is 0 Å². The van der Waals surface area contributed by atoms with E-state index in [1.807, 2.05) is 33.9 Å². The van der Waals surface area contributed by atoms with Gasteiger partial charge in [0.15, 0.2) is 5.65 Å². The minimum atomic E-state index is -0.281. The van der Waals surface area contributed by atoms with Crippen molar-refractivity contribution in [1.29, 1.82) is 0 Å². The van der Waals surface area contributed by atoms with Crippen LogP contribution in [0.25, 0.3) is 22.1 Å². The number of nitrogens with zero attached hydrogens (tertiary/aromatic N) is 3. The van der Waals surface area contributed by atoms with Crippen molar-refractivity contribution in [2.75, 3.05) is 5.32 Å². The highest BCUT2D eigenvalue weighted by molar-refractivity contribution is 6.13. The SMILES string of the molecule is Cc1nn(C)c2nc(C(C)C)cc(C(=O)Nc3ccc4[nH]c(=O)[nH]c4c3)c12. The number of benzene rings is 1. The molecule has 138 valence electrons. The summed E-state index contributed by atoms with van der Waals surface area (Å²) in [6, 6.07) is 7.05. The minimum Gasteiger partial charge on any atom is -0.322 e. The van der Waals surface area contributed by atoms with Crippen molar-refractivity contribution in [3.63, 3.8) is 0 Å². The van der Waals surface area contributed by atoms with E-state index < -0.39 is 0 Å². The minimum absolute atomic E-state index is 0.178. The Kier molecular flexibility index (Phi) is 3.83. The Bertz CT molecular complexity index is 1240. The summed E-state index contributed by atoms with van der Waals surface area (Å²) in [5, 5.41) is 8.08. The lowest BCUT2D eigenvalue weighted by Crippen LogP contribution is -2.14. The van der Waals surface area contributed by atoms with Gasteiger partial charge in [-0.05, 0) is 37.1 Å². The van der Waals surface area contributed by atoms with Crippen molar-refractivity contribution < 1.29 is 4.79 Å². The summed E-state index contributed by atoms with van der Waals surface area (Å²) < 4.78 is 1.70. The molecule has 4 aromatic rings. The molecule has 1 amide bonds. The lowest BCUT2D eigenvalue weighted by molar-refractivity contribution is 0.102. The maximum Gasteiger partial charge on any atom is 0.323 e. The van der Waals surface area contributed by atoms with Gasteiger partial charge in [-0.2, -0.15) is 5.10 Å². The summed E-state index contributed by atoms with van der Waals surface area (Å²) in [4.78, 5) is 34.5. The average molecular weight is 364 g/mol. The molecular formula is C19H20N6O2. The van der Waals surface area contributed by atoms with Crippen LogP contribution in [0, 0.1) is 6.92 Å². The van der Waals surface area contributed by atoms with Crippen molar-refractivity contribution in [2.45, 2.75) is 26.7 Å². The quantitative estimate of drug-likeness (QED) is 0.519. The standard InChI is InChI=1S/C19H20N6O2/c1-9(2)14-8-12(16-10(3)24-25(4)17(16)21-14)18(26)20-11-5-6-13-15(7-11)23-19(27)22-13/h5-9H,1-4H3,(H,20,26)(H2,22,23,27). The molecule has 0 atom stereocenters. The van der Waals surface area contributed by atoms with Crippen LogP contribution in [0.4, 0.5) is 5.69 Å². The lowest BCUT2D eigenvalue weighted by Gasteiger charge is -2.11. The first-order chi connectivity index (χ1) is 12.8. The highest BCUT2D eigenvalue weighted by atomic mass is 16.2. The number of hydrogen-bond acceptors (Lipinski definition) is 4. The molecule has 0 saturated carbocycles. The molecule has 3 N–H and O–H groups in total. The van der Waals surface area contributed by atoms with Gasteiger partial charge in [0.25, 0.3) is 5.91 Å². The van der Waals surface area contributed by atoms with Crippen LogP contribution in [-0.4, -0.2) is 30.6 Å². The maximum atomic E-state index is 13.0. The van der Waals surface area contributed by atoms with Gasteiger partial charge in [0.1, 0.15) is 0 Å². The van der Waals surface area contributed by atoms with Gasteiger partial charge < -0.3 is 15.3 Å². The van der Waals surface area contributed by atoms with Crippen LogP contribution < -0.4 is 11.0 Å². The molecule has 0 fully saturated rings. The maximum absolute atomic E-state index is 13.0. The third kappa shape index (κ3) is 2.88. The van der Waals surface area contributed by atoms with Crippen molar-refractivity contribution in [1.82, 2.24) is 24.7 Å². The first-order valence-corrected chi connectivity index (χ1v) is 8.71. The highest BCUT2D eigenvalue weighted by Crippen LogP contribution is 2.26. The molecule has 8 heteroatoms. The molecule has 1 aromatic carbocycles. The summed E-state index contributed by atoms with van der Waals surface area (Å²) in [5.74, 6) is -0.0601. The summed E-state index contributed by atoms with van der Waals surface area (Å²) in [7, 11) is 1.82. The Balaban J connectivity index is 1.79. The Hall–Kier alpha value is -3.42. The van der Waals surface area contributed by atoms with Crippen LogP contribution in [0.15, 0.2) is 29.1 Å². The number of rotatable bonds is 3. The fourth-order valence-electron chi connectivity index (χ4n) is 3.25. The normalized spacial score (nSPS) is 11.6. The average Bonchev–Trinajstić information content (AvgIpc) is 3.12. The first kappa shape index (κ1) is 17.0. The van der Waals surface area contributed by atoms with Crippen LogP contribution in [0.2, 0.25) is 0 Å². The topological polar surface area (TPSA) is 108 Å². The number of aromatic amines is 2. The molecule has 8 nitrogen and oxygen atoms in total. The molecule has 0 bridgehead atoms. The number of carbonyl (C=O) groups excluding carboxylic acids is 1. The second kappa shape index (κ2) is 6.08. The van der Waals surface area contributed by atoms with Gasteiger partial charge in [0.05, 0.1) is 27.7 Å². The van der Waals surface area contributed by atoms with Gasteiger partial charge in [-0.25, -0.2) is 9.78 Å². The molecule has 0 spiro atoms. The summed E-state index contributed by atoms with van der Waals surface area (Å²) in [6.07, 6.45) is 0. The smallest absolute Gasteiger partial charge is 0.322 e. The van der Waals surface area contributed by atoms with Crippen molar-refractivity contribution in [3.05, 3.63) is 51.7 Å². The molecular weight excluding hydrogens is 344 g/mol. The Labute approximate surface area is 154 Å². The third-order valence-corrected chi connectivity index (χ3v) is 4.60. The van der Waals surface area contributed by atoms with Crippen LogP contribution in [0.3, 0.4) is 0 Å². The fraction of sp³-hybridized carbons (Fsp3) is 0.263. The van der Waals surface area contributed by atoms with E-state index >= 15 is 0 Å². The number of carbonyl (C=O) groups is 1. The van der Waals surface area contributed by atoms with E-state index in [4.69, 9.17) is 0 Å². The summed E-state index contributed by atoms with van der Waals surface area (Å²) in [5.41, 5.74) is 4.46. The molecule has 0 radical (unpaired) electrons. The van der Waals surface area contributed by atoms with E-state index in [9.17, 15) is 9.59 Å².